The van der Waals surface area contributed by atoms with Gasteiger partial charge in [0.2, 0.25) is 0 Å². The molecule has 1 atom stereocenters. The predicted molar refractivity (Wildman–Crippen MR) is 89.6 cm³/mol. The molecule has 0 bridgehead atoms. The highest BCUT2D eigenvalue weighted by atomic mass is 32.2. The van der Waals surface area contributed by atoms with E-state index in [1.54, 1.807) is 0 Å². The molecule has 3 heterocycles. The Kier molecular flexibility index (Phi) is 3.84. The van der Waals surface area contributed by atoms with Gasteiger partial charge in [-0.15, -0.1) is 10.2 Å². The molecule has 1 saturated heterocycles. The van der Waals surface area contributed by atoms with E-state index in [-0.39, 0.29) is 17.4 Å². The van der Waals surface area contributed by atoms with Crippen molar-refractivity contribution in [3.05, 3.63) is 30.1 Å². The summed E-state index contributed by atoms with van der Waals surface area (Å²) in [4.78, 5) is 4.42. The van der Waals surface area contributed by atoms with Crippen LogP contribution in [-0.2, 0) is 23.3 Å². The molecule has 24 heavy (non-hydrogen) atoms. The molecule has 9 heteroatoms. The molecule has 0 aliphatic carbocycles. The van der Waals surface area contributed by atoms with Crippen molar-refractivity contribution < 1.29 is 12.8 Å². The SMILES string of the molecule is Cn1c(CC2CCS(=O)(=O)C2)nnc1Sc1nc2ccccc2o1. The third-order valence-electron chi connectivity index (χ3n) is 4.18. The van der Waals surface area contributed by atoms with Crippen molar-refractivity contribution in [2.75, 3.05) is 11.5 Å². The summed E-state index contributed by atoms with van der Waals surface area (Å²) in [5.74, 6) is 1.43. The number of aromatic nitrogens is 4. The van der Waals surface area contributed by atoms with Crippen molar-refractivity contribution >= 4 is 32.7 Å². The molecule has 1 fully saturated rings. The first-order valence-corrected chi connectivity index (χ1v) is 10.3. The molecule has 126 valence electrons. The number of benzene rings is 1. The Balaban J connectivity index is 1.51. The monoisotopic (exact) mass is 364 g/mol. The van der Waals surface area contributed by atoms with Crippen LogP contribution in [0.2, 0.25) is 0 Å². The number of hydrogen-bond donors (Lipinski definition) is 0. The van der Waals surface area contributed by atoms with E-state index in [0.29, 0.717) is 23.2 Å². The Hall–Kier alpha value is -1.87. The van der Waals surface area contributed by atoms with Gasteiger partial charge in [-0.25, -0.2) is 13.4 Å². The third-order valence-corrected chi connectivity index (χ3v) is 6.90. The van der Waals surface area contributed by atoms with Gasteiger partial charge in [-0.2, -0.15) is 0 Å². The number of oxazole rings is 1. The lowest BCUT2D eigenvalue weighted by atomic mass is 10.1. The highest BCUT2D eigenvalue weighted by Gasteiger charge is 2.29. The molecule has 0 radical (unpaired) electrons. The Bertz CT molecular complexity index is 960. The second-order valence-electron chi connectivity index (χ2n) is 5.98. The van der Waals surface area contributed by atoms with E-state index < -0.39 is 9.84 Å². The molecule has 2 aromatic heterocycles. The summed E-state index contributed by atoms with van der Waals surface area (Å²) >= 11 is 1.31. The minimum atomic E-state index is -2.87. The van der Waals surface area contributed by atoms with E-state index in [4.69, 9.17) is 4.42 Å². The summed E-state index contributed by atoms with van der Waals surface area (Å²) in [5.41, 5.74) is 1.54. The maximum absolute atomic E-state index is 11.6. The van der Waals surface area contributed by atoms with Gasteiger partial charge in [0.05, 0.1) is 11.5 Å². The molecule has 1 aliphatic rings. The van der Waals surface area contributed by atoms with Crippen LogP contribution >= 0.6 is 11.8 Å². The zero-order valence-electron chi connectivity index (χ0n) is 13.0. The van der Waals surface area contributed by atoms with Crippen LogP contribution in [0, 0.1) is 5.92 Å². The third kappa shape index (κ3) is 3.05. The number of sulfone groups is 1. The zero-order valence-corrected chi connectivity index (χ0v) is 14.7. The first-order valence-electron chi connectivity index (χ1n) is 7.62. The van der Waals surface area contributed by atoms with E-state index >= 15 is 0 Å². The van der Waals surface area contributed by atoms with Crippen molar-refractivity contribution in [3.8, 4) is 0 Å². The van der Waals surface area contributed by atoms with Crippen molar-refractivity contribution in [2.24, 2.45) is 13.0 Å². The highest BCUT2D eigenvalue weighted by molar-refractivity contribution is 7.99. The van der Waals surface area contributed by atoms with Crippen molar-refractivity contribution in [2.45, 2.75) is 23.2 Å². The number of hydrogen-bond acceptors (Lipinski definition) is 7. The van der Waals surface area contributed by atoms with Gasteiger partial charge in [0.15, 0.2) is 20.6 Å². The quantitative estimate of drug-likeness (QED) is 0.700. The van der Waals surface area contributed by atoms with Crippen molar-refractivity contribution in [1.29, 1.82) is 0 Å². The summed E-state index contributed by atoms with van der Waals surface area (Å²) in [6.45, 7) is 0. The van der Waals surface area contributed by atoms with Gasteiger partial charge in [-0.05, 0) is 24.5 Å². The Labute approximate surface area is 143 Å². The fourth-order valence-corrected chi connectivity index (χ4v) is 5.49. The first kappa shape index (κ1) is 15.6. The second-order valence-corrected chi connectivity index (χ2v) is 9.13. The molecule has 7 nitrogen and oxygen atoms in total. The van der Waals surface area contributed by atoms with Crippen LogP contribution in [0.5, 0.6) is 0 Å². The normalized spacial score (nSPS) is 20.0. The lowest BCUT2D eigenvalue weighted by Gasteiger charge is -2.06. The molecular weight excluding hydrogens is 348 g/mol. The van der Waals surface area contributed by atoms with E-state index in [2.05, 4.69) is 15.2 Å². The minimum absolute atomic E-state index is 0.125. The van der Waals surface area contributed by atoms with Gasteiger partial charge in [0.25, 0.3) is 5.22 Å². The average Bonchev–Trinajstić information content (AvgIpc) is 3.20. The summed E-state index contributed by atoms with van der Waals surface area (Å²) < 4.78 is 30.7. The van der Waals surface area contributed by atoms with Gasteiger partial charge in [0, 0.05) is 25.2 Å². The summed E-state index contributed by atoms with van der Waals surface area (Å²) in [5, 5.41) is 9.58. The first-order chi connectivity index (χ1) is 11.5. The van der Waals surface area contributed by atoms with Crippen LogP contribution in [0.1, 0.15) is 12.2 Å². The van der Waals surface area contributed by atoms with Crippen LogP contribution in [-0.4, -0.2) is 39.7 Å². The number of fused-ring (bicyclic) bond motifs is 1. The van der Waals surface area contributed by atoms with E-state index in [1.165, 1.54) is 11.8 Å². The van der Waals surface area contributed by atoms with Crippen LogP contribution < -0.4 is 0 Å². The Morgan fingerprint density at radius 3 is 2.92 bits per heavy atom. The maximum Gasteiger partial charge on any atom is 0.264 e. The molecule has 0 N–H and O–H groups in total. The number of nitrogens with zero attached hydrogens (tertiary/aromatic N) is 4. The van der Waals surface area contributed by atoms with E-state index in [1.807, 2.05) is 35.9 Å². The average molecular weight is 364 g/mol. The predicted octanol–water partition coefficient (Wildman–Crippen LogP) is 2.08. The fraction of sp³-hybridized carbons (Fsp3) is 0.400. The molecule has 3 aromatic rings. The maximum atomic E-state index is 11.6. The number of para-hydroxylation sites is 2. The Morgan fingerprint density at radius 1 is 1.33 bits per heavy atom. The fourth-order valence-electron chi connectivity index (χ4n) is 2.88. The van der Waals surface area contributed by atoms with Crippen LogP contribution in [0.15, 0.2) is 39.1 Å². The summed E-state index contributed by atoms with van der Waals surface area (Å²) in [6, 6.07) is 7.58. The molecule has 0 amide bonds. The summed E-state index contributed by atoms with van der Waals surface area (Å²) in [7, 11) is -0.994. The van der Waals surface area contributed by atoms with E-state index in [0.717, 1.165) is 16.9 Å². The smallest absolute Gasteiger partial charge is 0.264 e. The molecule has 0 spiro atoms. The molecule has 1 aromatic carbocycles. The highest BCUT2D eigenvalue weighted by Crippen LogP contribution is 2.29. The molecule has 0 saturated carbocycles. The number of rotatable bonds is 4. The van der Waals surface area contributed by atoms with Crippen LogP contribution in [0.4, 0.5) is 0 Å². The van der Waals surface area contributed by atoms with Gasteiger partial charge >= 0.3 is 0 Å². The van der Waals surface area contributed by atoms with Crippen molar-refractivity contribution in [3.63, 3.8) is 0 Å². The lowest BCUT2D eigenvalue weighted by molar-refractivity contribution is 0.487. The van der Waals surface area contributed by atoms with E-state index in [9.17, 15) is 8.42 Å². The molecule has 1 aliphatic heterocycles. The zero-order chi connectivity index (χ0) is 16.7. The van der Waals surface area contributed by atoms with Crippen molar-refractivity contribution in [1.82, 2.24) is 19.7 Å². The molecular formula is C15H16N4O3S2. The van der Waals surface area contributed by atoms with Gasteiger partial charge in [-0.3, -0.25) is 0 Å². The Morgan fingerprint density at radius 2 is 2.17 bits per heavy atom. The molecule has 1 unspecified atom stereocenters. The van der Waals surface area contributed by atoms with Crippen LogP contribution in [0.25, 0.3) is 11.1 Å². The van der Waals surface area contributed by atoms with Crippen LogP contribution in [0.3, 0.4) is 0 Å². The summed E-state index contributed by atoms with van der Waals surface area (Å²) in [6.07, 6.45) is 1.32. The lowest BCUT2D eigenvalue weighted by Crippen LogP contribution is -2.11. The van der Waals surface area contributed by atoms with Gasteiger partial charge < -0.3 is 8.98 Å². The van der Waals surface area contributed by atoms with Gasteiger partial charge in [0.1, 0.15) is 11.3 Å². The molecule has 4 rings (SSSR count). The topological polar surface area (TPSA) is 90.9 Å². The second kappa shape index (κ2) is 5.89. The largest absolute Gasteiger partial charge is 0.431 e. The standard InChI is InChI=1S/C15H16N4O3S2/c1-19-13(8-10-6-7-24(20,21)9-10)17-18-14(19)23-15-16-11-4-2-3-5-12(11)22-15/h2-5,10H,6-9H2,1H3. The van der Waals surface area contributed by atoms with Gasteiger partial charge in [-0.1, -0.05) is 12.1 Å². The minimum Gasteiger partial charge on any atom is -0.431 e.